The van der Waals surface area contributed by atoms with E-state index in [4.69, 9.17) is 38.4 Å². The summed E-state index contributed by atoms with van der Waals surface area (Å²) in [6.07, 6.45) is 11.2. The molecule has 0 amide bonds. The number of thioether (sulfide) groups is 2. The lowest BCUT2D eigenvalue weighted by molar-refractivity contribution is -0.167. The second-order valence-electron chi connectivity index (χ2n) is 15.8. The van der Waals surface area contributed by atoms with E-state index in [1.807, 2.05) is 50.6 Å². The molecule has 0 bridgehead atoms. The standard InChI is InChI=1S/C46H52N6O9S2/c1-7-58-39-15-28-30-13-26(9-11-34(30)51-42(32(28)17-37(39)56-3)24-20-47-45(62-5)48-21-24)60-41(54)19-36(53)44(55)61-27-10-12-35-31(14-27)29-16-40(59-8-2)38(57-4)18-33(29)43(52-35)25-22-49-46(63-6)50-23-25/h15-18,20-23,26-27,30-31,34-36,53H,7-14,19H2,1-6H3/t26-,27-,30-,31-,34-,35-,36?/m0/s1. The number of hydrogen-bond donors (Lipinski definition) is 1. The first kappa shape index (κ1) is 44.4. The fourth-order valence-electron chi connectivity index (χ4n) is 9.19. The Morgan fingerprint density at radius 1 is 0.667 bits per heavy atom. The largest absolute Gasteiger partial charge is 0.493 e. The van der Waals surface area contributed by atoms with Gasteiger partial charge in [0.1, 0.15) is 12.2 Å². The van der Waals surface area contributed by atoms with Crippen LogP contribution in [0, 0.1) is 0 Å². The van der Waals surface area contributed by atoms with E-state index in [9.17, 15) is 14.7 Å². The van der Waals surface area contributed by atoms with E-state index in [1.54, 1.807) is 39.0 Å². The van der Waals surface area contributed by atoms with Gasteiger partial charge in [0, 0.05) is 58.9 Å². The lowest BCUT2D eigenvalue weighted by Gasteiger charge is -2.39. The molecule has 2 fully saturated rings. The number of methoxy groups -OCH3 is 2. The van der Waals surface area contributed by atoms with Gasteiger partial charge in [0.25, 0.3) is 0 Å². The summed E-state index contributed by atoms with van der Waals surface area (Å²) in [5, 5.41) is 12.3. The second kappa shape index (κ2) is 19.6. The van der Waals surface area contributed by atoms with Crippen molar-refractivity contribution in [2.24, 2.45) is 9.98 Å². The molecular weight excluding hydrogens is 845 g/mol. The minimum Gasteiger partial charge on any atom is -0.493 e. The van der Waals surface area contributed by atoms with Gasteiger partial charge in [-0.05, 0) is 100 Å². The molecule has 63 heavy (non-hydrogen) atoms. The van der Waals surface area contributed by atoms with Gasteiger partial charge < -0.3 is 33.5 Å². The summed E-state index contributed by atoms with van der Waals surface area (Å²) in [5.74, 6) is 0.689. The Morgan fingerprint density at radius 2 is 1.11 bits per heavy atom. The molecular formula is C46H52N6O9S2. The molecule has 17 heteroatoms. The highest BCUT2D eigenvalue weighted by Crippen LogP contribution is 2.47. The van der Waals surface area contributed by atoms with E-state index in [1.165, 1.54) is 23.5 Å². The average Bonchev–Trinajstić information content (AvgIpc) is 3.31. The molecule has 2 aliphatic heterocycles. The van der Waals surface area contributed by atoms with Gasteiger partial charge in [-0.15, -0.1) is 0 Å². The quantitative estimate of drug-likeness (QED) is 0.0748. The molecule has 15 nitrogen and oxygen atoms in total. The van der Waals surface area contributed by atoms with E-state index >= 15 is 0 Å². The van der Waals surface area contributed by atoms with Crippen LogP contribution in [-0.2, 0) is 19.1 Å². The molecule has 2 aromatic carbocycles. The molecule has 2 aliphatic carbocycles. The maximum atomic E-state index is 13.4. The number of nitrogens with zero attached hydrogens (tertiary/aromatic N) is 6. The van der Waals surface area contributed by atoms with E-state index in [0.717, 1.165) is 44.8 Å². The lowest BCUT2D eigenvalue weighted by atomic mass is 9.74. The summed E-state index contributed by atoms with van der Waals surface area (Å²) < 4.78 is 35.3. The van der Waals surface area contributed by atoms with Crippen LogP contribution in [0.15, 0.2) is 69.4 Å². The number of aliphatic hydroxyl groups excluding tert-OH is 1. The first-order valence-electron chi connectivity index (χ1n) is 21.3. The van der Waals surface area contributed by atoms with Crippen LogP contribution in [0.5, 0.6) is 23.0 Å². The van der Waals surface area contributed by atoms with Crippen molar-refractivity contribution in [3.05, 3.63) is 82.4 Å². The number of fused-ring (bicyclic) bond motifs is 6. The summed E-state index contributed by atoms with van der Waals surface area (Å²) in [6, 6.07) is 7.70. The molecule has 4 aliphatic rings. The number of aromatic nitrogens is 4. The number of rotatable bonds is 15. The number of aliphatic imine (C=N–C) groups is 2. The lowest BCUT2D eigenvalue weighted by Crippen LogP contribution is -2.39. The third-order valence-electron chi connectivity index (χ3n) is 12.1. The highest BCUT2D eigenvalue weighted by Gasteiger charge is 2.42. The third-order valence-corrected chi connectivity index (χ3v) is 13.2. The van der Waals surface area contributed by atoms with Gasteiger partial charge in [-0.25, -0.2) is 24.7 Å². The van der Waals surface area contributed by atoms with Crippen LogP contribution >= 0.6 is 23.5 Å². The van der Waals surface area contributed by atoms with Gasteiger partial charge in [-0.3, -0.25) is 14.8 Å². The van der Waals surface area contributed by atoms with Gasteiger partial charge in [0.05, 0.1) is 57.4 Å². The Bertz CT molecular complexity index is 2380. The Balaban J connectivity index is 0.931. The maximum absolute atomic E-state index is 13.4. The Kier molecular flexibility index (Phi) is 13.8. The number of carbonyl (C=O) groups excluding carboxylic acids is 2. The first-order chi connectivity index (χ1) is 30.6. The number of esters is 2. The van der Waals surface area contributed by atoms with Crippen molar-refractivity contribution >= 4 is 46.9 Å². The van der Waals surface area contributed by atoms with Crippen molar-refractivity contribution in [2.75, 3.05) is 39.9 Å². The van der Waals surface area contributed by atoms with Crippen molar-refractivity contribution < 1.29 is 43.1 Å². The average molecular weight is 897 g/mol. The predicted octanol–water partition coefficient (Wildman–Crippen LogP) is 6.77. The summed E-state index contributed by atoms with van der Waals surface area (Å²) in [4.78, 5) is 55.1. The normalized spacial score (nSPS) is 22.7. The molecule has 8 rings (SSSR count). The fourth-order valence-corrected chi connectivity index (χ4v) is 9.82. The topological polar surface area (TPSA) is 186 Å². The fraction of sp³-hybridized carbons (Fsp3) is 0.478. The molecule has 2 aromatic heterocycles. The van der Waals surface area contributed by atoms with Crippen LogP contribution in [-0.4, -0.2) is 119 Å². The van der Waals surface area contributed by atoms with Gasteiger partial charge in [-0.1, -0.05) is 23.5 Å². The molecule has 332 valence electrons. The summed E-state index contributed by atoms with van der Waals surface area (Å²) in [5.41, 5.74) is 6.90. The SMILES string of the molecule is CCOc1cc2c(cc1OC)C(c1cnc(SC)nc1)=N[C@H]1CC[C@H](OC(=O)CC(O)C(=O)O[C@H]3CC[C@@H]4N=C(c5cnc(SC)nc5)c5cc(OC)c(OCC)cc5[C@@H]4C3)C[C@@H]21. The number of benzene rings is 2. The summed E-state index contributed by atoms with van der Waals surface area (Å²) >= 11 is 2.93. The van der Waals surface area contributed by atoms with Crippen LogP contribution < -0.4 is 18.9 Å². The van der Waals surface area contributed by atoms with Crippen LogP contribution in [0.1, 0.15) is 104 Å². The van der Waals surface area contributed by atoms with Gasteiger partial charge >= 0.3 is 11.9 Å². The molecule has 7 atom stereocenters. The molecule has 0 spiro atoms. The molecule has 0 radical (unpaired) electrons. The predicted molar refractivity (Wildman–Crippen MR) is 238 cm³/mol. The zero-order chi connectivity index (χ0) is 44.2. The van der Waals surface area contributed by atoms with Gasteiger partial charge in [-0.2, -0.15) is 0 Å². The van der Waals surface area contributed by atoms with Gasteiger partial charge in [0.15, 0.2) is 39.4 Å². The maximum Gasteiger partial charge on any atom is 0.335 e. The first-order valence-corrected chi connectivity index (χ1v) is 23.8. The van der Waals surface area contributed by atoms with Crippen LogP contribution in [0.4, 0.5) is 0 Å². The Hall–Kier alpha value is -5.26. The molecule has 2 saturated carbocycles. The van der Waals surface area contributed by atoms with Crippen molar-refractivity contribution in [2.45, 2.75) is 111 Å². The molecule has 4 heterocycles. The number of hydrogen-bond acceptors (Lipinski definition) is 17. The van der Waals surface area contributed by atoms with E-state index < -0.39 is 36.7 Å². The minimum absolute atomic E-state index is 0.0806. The Morgan fingerprint density at radius 3 is 1.52 bits per heavy atom. The van der Waals surface area contributed by atoms with Crippen LogP contribution in [0.2, 0.25) is 0 Å². The smallest absolute Gasteiger partial charge is 0.335 e. The second-order valence-corrected chi connectivity index (χ2v) is 17.3. The van der Waals surface area contributed by atoms with Crippen LogP contribution in [0.25, 0.3) is 0 Å². The molecule has 1 unspecified atom stereocenters. The van der Waals surface area contributed by atoms with Crippen molar-refractivity contribution in [1.29, 1.82) is 0 Å². The zero-order valence-corrected chi connectivity index (χ0v) is 37.9. The summed E-state index contributed by atoms with van der Waals surface area (Å²) in [7, 11) is 3.21. The van der Waals surface area contributed by atoms with Crippen molar-refractivity contribution in [3.63, 3.8) is 0 Å². The van der Waals surface area contributed by atoms with E-state index in [0.29, 0.717) is 85.0 Å². The highest BCUT2D eigenvalue weighted by molar-refractivity contribution is 7.98. The van der Waals surface area contributed by atoms with E-state index in [-0.39, 0.29) is 23.9 Å². The van der Waals surface area contributed by atoms with Crippen molar-refractivity contribution in [3.8, 4) is 23.0 Å². The number of ether oxygens (including phenoxy) is 6. The summed E-state index contributed by atoms with van der Waals surface area (Å²) in [6.45, 7) is 4.75. The van der Waals surface area contributed by atoms with E-state index in [2.05, 4.69) is 19.9 Å². The third kappa shape index (κ3) is 9.36. The zero-order valence-electron chi connectivity index (χ0n) is 36.2. The monoisotopic (exact) mass is 896 g/mol. The van der Waals surface area contributed by atoms with Gasteiger partial charge in [0.2, 0.25) is 0 Å². The molecule has 1 N–H and O–H groups in total. The molecule has 4 aromatic rings. The number of aliphatic hydroxyl groups is 1. The van der Waals surface area contributed by atoms with Crippen LogP contribution in [0.3, 0.4) is 0 Å². The highest BCUT2D eigenvalue weighted by atomic mass is 32.2. The Labute approximate surface area is 375 Å². The number of carbonyl (C=O) groups is 2. The molecule has 0 saturated heterocycles. The minimum atomic E-state index is -1.68. The van der Waals surface area contributed by atoms with Crippen molar-refractivity contribution in [1.82, 2.24) is 19.9 Å².